The molecule has 0 aliphatic carbocycles. The second-order valence-electron chi connectivity index (χ2n) is 2.64. The van der Waals surface area contributed by atoms with E-state index < -0.39 is 0 Å². The maximum atomic E-state index is 10.7. The summed E-state index contributed by atoms with van der Waals surface area (Å²) in [6.07, 6.45) is 2.23. The number of hydrogen-bond donors (Lipinski definition) is 1. The average molecular weight is 240 g/mol. The van der Waals surface area contributed by atoms with Gasteiger partial charge in [-0.1, -0.05) is 0 Å². The second-order valence-corrected chi connectivity index (χ2v) is 3.50. The highest BCUT2D eigenvalue weighted by molar-refractivity contribution is 9.10. The van der Waals surface area contributed by atoms with Crippen LogP contribution in [0.1, 0.15) is 10.4 Å². The number of carbonyl (C=O) groups is 1. The van der Waals surface area contributed by atoms with Gasteiger partial charge in [0.15, 0.2) is 6.29 Å². The Labute approximate surface area is 82.6 Å². The fourth-order valence-corrected chi connectivity index (χ4v) is 1.69. The smallest absolute Gasteiger partial charge is 0.155 e. The first-order valence-corrected chi connectivity index (χ1v) is 4.43. The minimum atomic E-state index is 0.398. The lowest BCUT2D eigenvalue weighted by Crippen LogP contribution is -1.94. The van der Waals surface area contributed by atoms with E-state index in [0.717, 1.165) is 5.39 Å². The molecule has 2 rings (SSSR count). The Morgan fingerprint density at radius 3 is 3.00 bits per heavy atom. The largest absolute Gasteiger partial charge is 0.464 e. The zero-order valence-corrected chi connectivity index (χ0v) is 8.17. The van der Waals surface area contributed by atoms with Crippen LogP contribution in [0.25, 0.3) is 11.0 Å². The van der Waals surface area contributed by atoms with E-state index >= 15 is 0 Å². The lowest BCUT2D eigenvalue weighted by Gasteiger charge is -2.01. The van der Waals surface area contributed by atoms with E-state index in [-0.39, 0.29) is 0 Å². The summed E-state index contributed by atoms with van der Waals surface area (Å²) in [5.74, 6) is 0. The first-order valence-electron chi connectivity index (χ1n) is 3.64. The number of halogens is 1. The van der Waals surface area contributed by atoms with Gasteiger partial charge in [0.05, 0.1) is 17.5 Å². The molecule has 2 aromatic rings. The molecule has 3 nitrogen and oxygen atoms in total. The predicted octanol–water partition coefficient (Wildman–Crippen LogP) is 2.59. The van der Waals surface area contributed by atoms with Crippen molar-refractivity contribution in [3.05, 3.63) is 28.4 Å². The van der Waals surface area contributed by atoms with E-state index in [1.807, 2.05) is 6.07 Å². The number of rotatable bonds is 1. The maximum Gasteiger partial charge on any atom is 0.155 e. The van der Waals surface area contributed by atoms with Crippen LogP contribution in [-0.2, 0) is 0 Å². The molecular weight excluding hydrogens is 234 g/mol. The van der Waals surface area contributed by atoms with Gasteiger partial charge in [-0.15, -0.1) is 0 Å². The van der Waals surface area contributed by atoms with E-state index in [2.05, 4.69) is 15.9 Å². The average Bonchev–Trinajstić information content (AvgIpc) is 2.54. The summed E-state index contributed by atoms with van der Waals surface area (Å²) in [6, 6.07) is 3.60. The number of carbonyl (C=O) groups excluding carboxylic acids is 1. The van der Waals surface area contributed by atoms with Crippen LogP contribution >= 0.6 is 15.9 Å². The highest BCUT2D eigenvalue weighted by Gasteiger charge is 2.10. The van der Waals surface area contributed by atoms with Gasteiger partial charge in [-0.3, -0.25) is 4.79 Å². The summed E-state index contributed by atoms with van der Waals surface area (Å²) in [5, 5.41) is 0.864. The number of nitrogens with two attached hydrogens (primary N) is 1. The van der Waals surface area contributed by atoms with Crippen molar-refractivity contribution in [2.45, 2.75) is 0 Å². The molecule has 0 amide bonds. The first-order chi connectivity index (χ1) is 6.24. The van der Waals surface area contributed by atoms with Gasteiger partial charge < -0.3 is 10.2 Å². The quantitative estimate of drug-likeness (QED) is 0.615. The van der Waals surface area contributed by atoms with Crippen LogP contribution in [0, 0.1) is 0 Å². The highest BCUT2D eigenvalue weighted by atomic mass is 79.9. The Balaban J connectivity index is 2.95. The van der Waals surface area contributed by atoms with Crippen molar-refractivity contribution in [3.63, 3.8) is 0 Å². The molecule has 13 heavy (non-hydrogen) atoms. The van der Waals surface area contributed by atoms with Crippen molar-refractivity contribution in [3.8, 4) is 0 Å². The molecule has 2 N–H and O–H groups in total. The minimum Gasteiger partial charge on any atom is -0.464 e. The lowest BCUT2D eigenvalue weighted by atomic mass is 10.1. The molecular formula is C9H6BrNO2. The van der Waals surface area contributed by atoms with Crippen LogP contribution < -0.4 is 5.73 Å². The topological polar surface area (TPSA) is 56.2 Å². The molecule has 1 aromatic carbocycles. The van der Waals surface area contributed by atoms with Crippen molar-refractivity contribution in [1.29, 1.82) is 0 Å². The third-order valence-electron chi connectivity index (χ3n) is 1.89. The number of nitrogen functional groups attached to an aromatic ring is 1. The Hall–Kier alpha value is -1.29. The van der Waals surface area contributed by atoms with Gasteiger partial charge in [-0.25, -0.2) is 0 Å². The van der Waals surface area contributed by atoms with E-state index in [4.69, 9.17) is 10.2 Å². The van der Waals surface area contributed by atoms with Crippen LogP contribution in [0.2, 0.25) is 0 Å². The Morgan fingerprint density at radius 2 is 2.31 bits per heavy atom. The summed E-state index contributed by atoms with van der Waals surface area (Å²) in [5.41, 5.74) is 7.03. The van der Waals surface area contributed by atoms with Crippen LogP contribution in [0.15, 0.2) is 27.3 Å². The van der Waals surface area contributed by atoms with Gasteiger partial charge in [-0.05, 0) is 28.1 Å². The van der Waals surface area contributed by atoms with Crippen molar-refractivity contribution < 1.29 is 9.21 Å². The second kappa shape index (κ2) is 2.88. The molecule has 1 heterocycles. The monoisotopic (exact) mass is 239 g/mol. The van der Waals surface area contributed by atoms with Gasteiger partial charge in [-0.2, -0.15) is 0 Å². The van der Waals surface area contributed by atoms with Gasteiger partial charge >= 0.3 is 0 Å². The number of anilines is 1. The van der Waals surface area contributed by atoms with Crippen LogP contribution in [0.4, 0.5) is 5.69 Å². The fourth-order valence-electron chi connectivity index (χ4n) is 1.23. The first kappa shape index (κ1) is 8.31. The normalized spacial score (nSPS) is 10.5. The van der Waals surface area contributed by atoms with Gasteiger partial charge in [0.1, 0.15) is 5.58 Å². The van der Waals surface area contributed by atoms with E-state index in [9.17, 15) is 4.79 Å². The zero-order valence-electron chi connectivity index (χ0n) is 6.58. The molecule has 0 aliphatic heterocycles. The molecule has 0 saturated carbocycles. The van der Waals surface area contributed by atoms with Crippen LogP contribution in [-0.4, -0.2) is 6.29 Å². The van der Waals surface area contributed by atoms with Gasteiger partial charge in [0.25, 0.3) is 0 Å². The third-order valence-corrected chi connectivity index (χ3v) is 2.54. The number of hydrogen-bond acceptors (Lipinski definition) is 3. The molecule has 0 spiro atoms. The Bertz CT molecular complexity index is 476. The maximum absolute atomic E-state index is 10.7. The summed E-state index contributed by atoms with van der Waals surface area (Å²) < 4.78 is 5.86. The number of furan rings is 1. The molecule has 0 radical (unpaired) electrons. The molecule has 0 fully saturated rings. The summed E-state index contributed by atoms with van der Waals surface area (Å²) >= 11 is 3.27. The minimum absolute atomic E-state index is 0.398. The Morgan fingerprint density at radius 1 is 1.54 bits per heavy atom. The molecule has 4 heteroatoms. The van der Waals surface area contributed by atoms with Crippen LogP contribution in [0.3, 0.4) is 0 Å². The van der Waals surface area contributed by atoms with Gasteiger partial charge in [0.2, 0.25) is 0 Å². The predicted molar refractivity (Wildman–Crippen MR) is 53.7 cm³/mol. The van der Waals surface area contributed by atoms with E-state index in [0.29, 0.717) is 27.6 Å². The third kappa shape index (κ3) is 1.14. The van der Waals surface area contributed by atoms with E-state index in [1.54, 1.807) is 6.07 Å². The molecule has 0 atom stereocenters. The molecule has 0 bridgehead atoms. The van der Waals surface area contributed by atoms with E-state index in [1.165, 1.54) is 6.26 Å². The molecule has 66 valence electrons. The molecule has 0 unspecified atom stereocenters. The Kier molecular flexibility index (Phi) is 1.84. The van der Waals surface area contributed by atoms with Crippen molar-refractivity contribution in [1.82, 2.24) is 0 Å². The van der Waals surface area contributed by atoms with Crippen molar-refractivity contribution >= 4 is 38.9 Å². The van der Waals surface area contributed by atoms with Crippen molar-refractivity contribution in [2.75, 3.05) is 5.73 Å². The summed E-state index contributed by atoms with van der Waals surface area (Å²) in [4.78, 5) is 10.7. The number of benzene rings is 1. The van der Waals surface area contributed by atoms with Gasteiger partial charge in [0, 0.05) is 9.86 Å². The molecule has 0 aliphatic rings. The van der Waals surface area contributed by atoms with Crippen molar-refractivity contribution in [2.24, 2.45) is 0 Å². The van der Waals surface area contributed by atoms with Crippen LogP contribution in [0.5, 0.6) is 0 Å². The lowest BCUT2D eigenvalue weighted by molar-refractivity contribution is 0.112. The standard InChI is InChI=1S/C9H6BrNO2/c10-7-3-5-1-2-13-9(5)6(4-12)8(7)11/h1-4H,11H2. The zero-order chi connectivity index (χ0) is 9.42. The molecule has 1 aromatic heterocycles. The highest BCUT2D eigenvalue weighted by Crippen LogP contribution is 2.30. The number of fused-ring (bicyclic) bond motifs is 1. The number of aldehydes is 1. The SMILES string of the molecule is Nc1c(Br)cc2ccoc2c1C=O. The summed E-state index contributed by atoms with van der Waals surface area (Å²) in [7, 11) is 0. The fraction of sp³-hybridized carbons (Fsp3) is 0. The molecule has 0 saturated heterocycles. The summed E-state index contributed by atoms with van der Waals surface area (Å²) in [6.45, 7) is 0.